The van der Waals surface area contributed by atoms with Crippen LogP contribution in [-0.2, 0) is 0 Å². The van der Waals surface area contributed by atoms with E-state index in [4.69, 9.17) is 0 Å². The van der Waals surface area contributed by atoms with Crippen molar-refractivity contribution in [2.45, 2.75) is 0 Å². The number of allylic oxidation sites excluding steroid dienone is 1. The third kappa shape index (κ3) is 1.87. The molecule has 0 saturated heterocycles. The molecule has 0 unspecified atom stereocenters. The predicted octanol–water partition coefficient (Wildman–Crippen LogP) is 4.07. The predicted molar refractivity (Wildman–Crippen MR) is 92.3 cm³/mol. The number of benzene rings is 2. The highest BCUT2D eigenvalue weighted by Crippen LogP contribution is 2.50. The van der Waals surface area contributed by atoms with E-state index in [0.717, 1.165) is 0 Å². The summed E-state index contributed by atoms with van der Waals surface area (Å²) < 4.78 is 41.5. The van der Waals surface area contributed by atoms with Crippen molar-refractivity contribution < 1.29 is 27.9 Å². The number of Topliss-reactive ketones (excluding diaryl/α,β-unsaturated/α-hetero) is 2. The van der Waals surface area contributed by atoms with E-state index in [9.17, 15) is 27.9 Å². The molecule has 5 rings (SSSR count). The first kappa shape index (κ1) is 16.4. The number of pyridine rings is 1. The van der Waals surface area contributed by atoms with E-state index in [1.165, 1.54) is 18.3 Å². The van der Waals surface area contributed by atoms with Gasteiger partial charge in [0.1, 0.15) is 5.75 Å². The summed E-state index contributed by atoms with van der Waals surface area (Å²) in [6, 6.07) is 8.26. The number of aromatic nitrogens is 1. The van der Waals surface area contributed by atoms with Gasteiger partial charge in [0.2, 0.25) is 5.78 Å². The Bertz CT molecular complexity index is 1290. The standard InChI is InChI=1S/C21H8F3NO3/c22-11-7-10-15(18(24)17(11)23)21(28)16(20(10)27)13-8-3-1-5-12(26)14(8)19-9(13)4-2-6-25-19/h1-7,26H/b16-13-. The minimum atomic E-state index is -1.81. The number of fused-ring (bicyclic) bond motifs is 4. The molecule has 1 aromatic heterocycles. The molecule has 2 aromatic carbocycles. The third-order valence-electron chi connectivity index (χ3n) is 4.96. The van der Waals surface area contributed by atoms with Crippen molar-refractivity contribution in [2.75, 3.05) is 0 Å². The van der Waals surface area contributed by atoms with Crippen molar-refractivity contribution in [3.63, 3.8) is 0 Å². The molecule has 0 saturated carbocycles. The summed E-state index contributed by atoms with van der Waals surface area (Å²) in [6.07, 6.45) is 1.49. The van der Waals surface area contributed by atoms with Crippen molar-refractivity contribution in [1.82, 2.24) is 4.98 Å². The van der Waals surface area contributed by atoms with Crippen LogP contribution in [0.25, 0.3) is 16.8 Å². The van der Waals surface area contributed by atoms with E-state index in [-0.39, 0.29) is 11.3 Å². The zero-order valence-corrected chi connectivity index (χ0v) is 13.9. The SMILES string of the molecule is O=C1/C(=C2/c3cccnc3-c3c(O)cccc32)C(=O)c2c1cc(F)c(F)c2F. The second-order valence-corrected chi connectivity index (χ2v) is 6.42. The van der Waals surface area contributed by atoms with Gasteiger partial charge in [0.05, 0.1) is 22.4 Å². The number of carbonyl (C=O) groups excluding carboxylic acids is 2. The lowest BCUT2D eigenvalue weighted by molar-refractivity contribution is 0.0989. The molecule has 7 heteroatoms. The number of aromatic hydroxyl groups is 1. The summed E-state index contributed by atoms with van der Waals surface area (Å²) in [6.45, 7) is 0. The Kier molecular flexibility index (Phi) is 3.16. The van der Waals surface area contributed by atoms with Crippen LogP contribution in [0, 0.1) is 17.5 Å². The Morgan fingerprint density at radius 3 is 2.32 bits per heavy atom. The molecule has 1 N–H and O–H groups in total. The third-order valence-corrected chi connectivity index (χ3v) is 4.96. The molecule has 1 heterocycles. The molecular weight excluding hydrogens is 371 g/mol. The van der Waals surface area contributed by atoms with Gasteiger partial charge in [-0.3, -0.25) is 14.6 Å². The normalized spacial score (nSPS) is 17.0. The summed E-state index contributed by atoms with van der Waals surface area (Å²) in [7, 11) is 0. The lowest BCUT2D eigenvalue weighted by Crippen LogP contribution is -2.06. The first-order valence-electron chi connectivity index (χ1n) is 8.21. The topological polar surface area (TPSA) is 67.3 Å². The maximum Gasteiger partial charge on any atom is 0.201 e. The molecule has 0 radical (unpaired) electrons. The van der Waals surface area contributed by atoms with Crippen LogP contribution in [0.15, 0.2) is 48.2 Å². The Morgan fingerprint density at radius 1 is 0.786 bits per heavy atom. The van der Waals surface area contributed by atoms with Gasteiger partial charge in [0.25, 0.3) is 0 Å². The molecule has 2 aliphatic rings. The van der Waals surface area contributed by atoms with Crippen LogP contribution < -0.4 is 0 Å². The molecule has 2 aliphatic carbocycles. The van der Waals surface area contributed by atoms with Crippen molar-refractivity contribution in [3.05, 3.63) is 87.9 Å². The van der Waals surface area contributed by atoms with Gasteiger partial charge in [-0.1, -0.05) is 18.2 Å². The van der Waals surface area contributed by atoms with Gasteiger partial charge in [0.15, 0.2) is 23.2 Å². The quantitative estimate of drug-likeness (QED) is 0.284. The summed E-state index contributed by atoms with van der Waals surface area (Å²) in [5, 5.41) is 10.3. The number of carbonyl (C=O) groups is 2. The molecule has 3 aromatic rings. The number of hydrogen-bond acceptors (Lipinski definition) is 4. The molecule has 0 spiro atoms. The number of rotatable bonds is 0. The molecular formula is C21H8F3NO3. The molecule has 0 aliphatic heterocycles. The highest BCUT2D eigenvalue weighted by atomic mass is 19.2. The van der Waals surface area contributed by atoms with Crippen LogP contribution in [0.2, 0.25) is 0 Å². The van der Waals surface area contributed by atoms with Crippen LogP contribution in [0.3, 0.4) is 0 Å². The number of phenols is 1. The maximum absolute atomic E-state index is 14.2. The van der Waals surface area contributed by atoms with Gasteiger partial charge < -0.3 is 5.11 Å². The smallest absolute Gasteiger partial charge is 0.201 e. The van der Waals surface area contributed by atoms with Crippen LogP contribution in [-0.4, -0.2) is 21.7 Å². The summed E-state index contributed by atoms with van der Waals surface area (Å²) in [5.41, 5.74) is -0.127. The van der Waals surface area contributed by atoms with Crippen molar-refractivity contribution in [3.8, 4) is 17.0 Å². The fourth-order valence-electron chi connectivity index (χ4n) is 3.80. The van der Waals surface area contributed by atoms with Crippen molar-refractivity contribution >= 4 is 17.1 Å². The largest absolute Gasteiger partial charge is 0.507 e. The van der Waals surface area contributed by atoms with E-state index in [0.29, 0.717) is 28.5 Å². The lowest BCUT2D eigenvalue weighted by atomic mass is 9.95. The zero-order valence-electron chi connectivity index (χ0n) is 13.9. The monoisotopic (exact) mass is 379 g/mol. The van der Waals surface area contributed by atoms with E-state index >= 15 is 0 Å². The molecule has 4 nitrogen and oxygen atoms in total. The van der Waals surface area contributed by atoms with E-state index in [2.05, 4.69) is 4.98 Å². The minimum Gasteiger partial charge on any atom is -0.507 e. The average Bonchev–Trinajstić information content (AvgIpc) is 3.13. The molecule has 28 heavy (non-hydrogen) atoms. The Balaban J connectivity index is 1.89. The van der Waals surface area contributed by atoms with Crippen molar-refractivity contribution in [1.29, 1.82) is 0 Å². The second-order valence-electron chi connectivity index (χ2n) is 6.42. The summed E-state index contributed by atoms with van der Waals surface area (Å²) in [4.78, 5) is 30.0. The fraction of sp³-hybridized carbons (Fsp3) is 0. The number of nitrogens with zero attached hydrogens (tertiary/aromatic N) is 1. The zero-order chi connectivity index (χ0) is 19.7. The van der Waals surface area contributed by atoms with Crippen LogP contribution >= 0.6 is 0 Å². The van der Waals surface area contributed by atoms with Crippen LogP contribution in [0.5, 0.6) is 5.75 Å². The molecule has 0 amide bonds. The van der Waals surface area contributed by atoms with Gasteiger partial charge >= 0.3 is 0 Å². The van der Waals surface area contributed by atoms with Gasteiger partial charge in [0, 0.05) is 22.9 Å². The van der Waals surface area contributed by atoms with E-state index in [1.807, 2.05) is 0 Å². The first-order valence-corrected chi connectivity index (χ1v) is 8.21. The minimum absolute atomic E-state index is 0.105. The molecule has 0 fully saturated rings. The Morgan fingerprint density at radius 2 is 1.54 bits per heavy atom. The lowest BCUT2D eigenvalue weighted by Gasteiger charge is -2.06. The van der Waals surface area contributed by atoms with Gasteiger partial charge in [-0.05, 0) is 23.8 Å². The first-order chi connectivity index (χ1) is 13.4. The fourth-order valence-corrected chi connectivity index (χ4v) is 3.80. The van der Waals surface area contributed by atoms with Gasteiger partial charge in [-0.25, -0.2) is 13.2 Å². The summed E-state index contributed by atoms with van der Waals surface area (Å²) in [5.74, 6) is -7.08. The number of phenolic OH excluding ortho intramolecular Hbond substituents is 1. The van der Waals surface area contributed by atoms with Crippen LogP contribution in [0.4, 0.5) is 13.2 Å². The van der Waals surface area contributed by atoms with Crippen LogP contribution in [0.1, 0.15) is 31.8 Å². The molecule has 0 atom stereocenters. The molecule has 0 bridgehead atoms. The Hall–Kier alpha value is -3.74. The van der Waals surface area contributed by atoms with E-state index in [1.54, 1.807) is 18.2 Å². The van der Waals surface area contributed by atoms with Gasteiger partial charge in [-0.2, -0.15) is 0 Å². The van der Waals surface area contributed by atoms with Gasteiger partial charge in [-0.15, -0.1) is 0 Å². The Labute approximate surface area is 155 Å². The summed E-state index contributed by atoms with van der Waals surface area (Å²) >= 11 is 0. The second kappa shape index (κ2) is 5.39. The number of hydrogen-bond donors (Lipinski definition) is 1. The average molecular weight is 379 g/mol. The highest BCUT2D eigenvalue weighted by Gasteiger charge is 2.43. The number of ketones is 2. The maximum atomic E-state index is 14.2. The number of halogens is 3. The molecule has 136 valence electrons. The highest BCUT2D eigenvalue weighted by molar-refractivity contribution is 6.43. The van der Waals surface area contributed by atoms with Crippen molar-refractivity contribution in [2.24, 2.45) is 0 Å². The van der Waals surface area contributed by atoms with E-state index < -0.39 is 45.7 Å².